The lowest BCUT2D eigenvalue weighted by Gasteiger charge is -2.36. The monoisotopic (exact) mass is 535 g/mol. The summed E-state index contributed by atoms with van der Waals surface area (Å²) < 4.78 is 26.0. The van der Waals surface area contributed by atoms with Crippen molar-refractivity contribution in [3.8, 4) is 6.07 Å². The van der Waals surface area contributed by atoms with Gasteiger partial charge >= 0.3 is 0 Å². The Bertz CT molecular complexity index is 1300. The minimum atomic E-state index is -3.18. The number of carbonyl (C=O) groups is 1. The molecule has 3 aliphatic rings. The Morgan fingerprint density at radius 2 is 1.91 bits per heavy atom. The fourth-order valence-electron chi connectivity index (χ4n) is 4.84. The Labute approximate surface area is 215 Å². The normalized spacial score (nSPS) is 23.9. The maximum Gasteiger partial charge on any atom is 0.270 e. The van der Waals surface area contributed by atoms with Gasteiger partial charge in [0.25, 0.3) is 11.5 Å². The van der Waals surface area contributed by atoms with Crippen molar-refractivity contribution < 1.29 is 13.2 Å². The number of likely N-dealkylation sites (N-methyl/N-ethyl adjacent to an activating group) is 1. The van der Waals surface area contributed by atoms with E-state index in [1.54, 1.807) is 17.6 Å². The summed E-state index contributed by atoms with van der Waals surface area (Å²) >= 11 is 6.61. The third kappa shape index (κ3) is 4.91. The van der Waals surface area contributed by atoms with E-state index >= 15 is 0 Å². The lowest BCUT2D eigenvalue weighted by molar-refractivity contribution is -0.123. The number of piperazine rings is 1. The van der Waals surface area contributed by atoms with Gasteiger partial charge in [0.15, 0.2) is 9.84 Å². The zero-order valence-electron chi connectivity index (χ0n) is 20.1. The molecule has 0 aliphatic carbocycles. The SMILES string of the molecule is CCCn1c(N2CCN(C)CC2)c(/C=C2/SC(=S)N(C3CCS(=O)(=O)C3)C2=O)c(C)c(C#N)c1=O. The van der Waals surface area contributed by atoms with Crippen molar-refractivity contribution in [1.82, 2.24) is 14.4 Å². The number of thioether (sulfide) groups is 1. The fourth-order valence-corrected chi connectivity index (χ4v) is 7.92. The van der Waals surface area contributed by atoms with Crippen LogP contribution in [0.2, 0.25) is 0 Å². The molecule has 1 unspecified atom stereocenters. The largest absolute Gasteiger partial charge is 0.355 e. The highest BCUT2D eigenvalue weighted by atomic mass is 32.2. The van der Waals surface area contributed by atoms with E-state index in [1.165, 1.54) is 4.90 Å². The van der Waals surface area contributed by atoms with Crippen molar-refractivity contribution in [3.63, 3.8) is 0 Å². The average Bonchev–Trinajstić information content (AvgIpc) is 3.30. The van der Waals surface area contributed by atoms with Crippen molar-refractivity contribution in [3.05, 3.63) is 31.9 Å². The lowest BCUT2D eigenvalue weighted by atomic mass is 10.0. The number of anilines is 1. The molecule has 1 aromatic heterocycles. The molecule has 4 heterocycles. The van der Waals surface area contributed by atoms with Crippen LogP contribution in [0.5, 0.6) is 0 Å². The van der Waals surface area contributed by atoms with Gasteiger partial charge in [0.05, 0.1) is 22.5 Å². The van der Waals surface area contributed by atoms with Gasteiger partial charge in [-0.15, -0.1) is 0 Å². The summed E-state index contributed by atoms with van der Waals surface area (Å²) in [6.07, 6.45) is 2.82. The smallest absolute Gasteiger partial charge is 0.270 e. The van der Waals surface area contributed by atoms with Crippen molar-refractivity contribution in [2.45, 2.75) is 39.3 Å². The number of nitriles is 1. The Morgan fingerprint density at radius 3 is 2.49 bits per heavy atom. The number of hydrogen-bond acceptors (Lipinski definition) is 9. The van der Waals surface area contributed by atoms with E-state index in [4.69, 9.17) is 12.2 Å². The molecule has 1 amide bonds. The minimum Gasteiger partial charge on any atom is -0.355 e. The molecule has 3 aliphatic heterocycles. The highest BCUT2D eigenvalue weighted by Gasteiger charge is 2.42. The average molecular weight is 536 g/mol. The summed E-state index contributed by atoms with van der Waals surface area (Å²) in [5, 5.41) is 9.78. The first kappa shape index (κ1) is 25.9. The molecule has 1 aromatic rings. The van der Waals surface area contributed by atoms with Crippen LogP contribution in [0.1, 0.15) is 36.5 Å². The first-order valence-corrected chi connectivity index (χ1v) is 14.7. The van der Waals surface area contributed by atoms with Crippen molar-refractivity contribution in [1.29, 1.82) is 5.26 Å². The molecular weight excluding hydrogens is 506 g/mol. The van der Waals surface area contributed by atoms with Gasteiger partial charge in [0.2, 0.25) is 0 Å². The Morgan fingerprint density at radius 1 is 1.23 bits per heavy atom. The van der Waals surface area contributed by atoms with Gasteiger partial charge in [-0.1, -0.05) is 30.9 Å². The summed E-state index contributed by atoms with van der Waals surface area (Å²) in [7, 11) is -1.13. The molecule has 35 heavy (non-hydrogen) atoms. The van der Waals surface area contributed by atoms with Gasteiger partial charge in [0, 0.05) is 38.3 Å². The second-order valence-corrected chi connectivity index (χ2v) is 13.1. The molecular formula is C23H29N5O4S3. The molecule has 0 spiro atoms. The Hall–Kier alpha value is -2.20. The van der Waals surface area contributed by atoms with Crippen molar-refractivity contribution in [2.75, 3.05) is 49.6 Å². The highest BCUT2D eigenvalue weighted by Crippen LogP contribution is 2.38. The molecule has 0 N–H and O–H groups in total. The van der Waals surface area contributed by atoms with Crippen LogP contribution in [-0.4, -0.2) is 83.8 Å². The second kappa shape index (κ2) is 10.0. The summed E-state index contributed by atoms with van der Waals surface area (Å²) in [5.41, 5.74) is 0.952. The van der Waals surface area contributed by atoms with Crippen molar-refractivity contribution >= 4 is 55.9 Å². The fraction of sp³-hybridized carbons (Fsp3) is 0.565. The van der Waals surface area contributed by atoms with E-state index in [9.17, 15) is 23.3 Å². The maximum atomic E-state index is 13.4. The number of aromatic nitrogens is 1. The number of thiocarbonyl (C=S) groups is 1. The number of rotatable bonds is 5. The van der Waals surface area contributed by atoms with Crippen LogP contribution < -0.4 is 10.5 Å². The van der Waals surface area contributed by atoms with Crippen LogP contribution in [0.25, 0.3) is 6.08 Å². The molecule has 1 atom stereocenters. The Kier molecular flexibility index (Phi) is 7.43. The van der Waals surface area contributed by atoms with Crippen LogP contribution in [-0.2, 0) is 21.2 Å². The van der Waals surface area contributed by atoms with Gasteiger partial charge < -0.3 is 9.80 Å². The van der Waals surface area contributed by atoms with E-state index in [1.807, 2.05) is 6.92 Å². The second-order valence-electron chi connectivity index (χ2n) is 9.20. The Balaban J connectivity index is 1.84. The zero-order valence-corrected chi connectivity index (χ0v) is 22.6. The number of sulfone groups is 1. The predicted octanol–water partition coefficient (Wildman–Crippen LogP) is 1.58. The molecule has 12 heteroatoms. The lowest BCUT2D eigenvalue weighted by Crippen LogP contribution is -2.47. The van der Waals surface area contributed by atoms with E-state index in [0.717, 1.165) is 30.7 Å². The molecule has 188 valence electrons. The highest BCUT2D eigenvalue weighted by molar-refractivity contribution is 8.26. The van der Waals surface area contributed by atoms with E-state index in [-0.39, 0.29) is 28.5 Å². The predicted molar refractivity (Wildman–Crippen MR) is 142 cm³/mol. The summed E-state index contributed by atoms with van der Waals surface area (Å²) in [5.74, 6) is 0.361. The van der Waals surface area contributed by atoms with Gasteiger partial charge in [-0.3, -0.25) is 19.1 Å². The molecule has 4 rings (SSSR count). The number of nitrogens with zero attached hydrogens (tertiary/aromatic N) is 5. The van der Waals surface area contributed by atoms with Gasteiger partial charge in [-0.25, -0.2) is 8.42 Å². The molecule has 3 saturated heterocycles. The van der Waals surface area contributed by atoms with Crippen LogP contribution >= 0.6 is 24.0 Å². The molecule has 0 saturated carbocycles. The number of carbonyl (C=O) groups excluding carboxylic acids is 1. The zero-order chi connectivity index (χ0) is 25.5. The summed E-state index contributed by atoms with van der Waals surface area (Å²) in [6.45, 7) is 7.27. The molecule has 0 radical (unpaired) electrons. The quantitative estimate of drug-likeness (QED) is 0.410. The third-order valence-electron chi connectivity index (χ3n) is 6.77. The molecule has 0 aromatic carbocycles. The summed E-state index contributed by atoms with van der Waals surface area (Å²) in [4.78, 5) is 32.8. The third-order valence-corrected chi connectivity index (χ3v) is 9.85. The van der Waals surface area contributed by atoms with Crippen LogP contribution in [0.3, 0.4) is 0 Å². The maximum absolute atomic E-state index is 13.4. The summed E-state index contributed by atoms with van der Waals surface area (Å²) in [6, 6.07) is 1.61. The van der Waals surface area contributed by atoms with Crippen LogP contribution in [0.15, 0.2) is 9.70 Å². The van der Waals surface area contributed by atoms with E-state index in [0.29, 0.717) is 52.8 Å². The molecule has 9 nitrogen and oxygen atoms in total. The van der Waals surface area contributed by atoms with E-state index < -0.39 is 15.9 Å². The number of pyridine rings is 1. The number of amides is 1. The van der Waals surface area contributed by atoms with E-state index in [2.05, 4.69) is 22.9 Å². The van der Waals surface area contributed by atoms with Crippen LogP contribution in [0, 0.1) is 18.3 Å². The molecule has 0 bridgehead atoms. The topological polar surface area (TPSA) is 107 Å². The van der Waals surface area contributed by atoms with Gasteiger partial charge in [-0.05, 0) is 38.5 Å². The van der Waals surface area contributed by atoms with Crippen molar-refractivity contribution in [2.24, 2.45) is 0 Å². The number of hydrogen-bond donors (Lipinski definition) is 0. The molecule has 3 fully saturated rings. The van der Waals surface area contributed by atoms with Gasteiger partial charge in [-0.2, -0.15) is 5.26 Å². The standard InChI is InChI=1S/C23H29N5O4S3/c1-4-6-27-20(26-9-7-25(3)8-10-26)17(15(2)18(13-24)21(27)29)12-19-22(30)28(23(33)34-19)16-5-11-35(31,32)14-16/h12,16H,4-11,14H2,1-3H3/b19-12+. The minimum absolute atomic E-state index is 0.0495. The van der Waals surface area contributed by atoms with Gasteiger partial charge in [0.1, 0.15) is 21.8 Å². The van der Waals surface area contributed by atoms with Crippen LogP contribution in [0.4, 0.5) is 5.82 Å². The first-order chi connectivity index (χ1) is 16.6. The first-order valence-electron chi connectivity index (χ1n) is 11.7.